The van der Waals surface area contributed by atoms with E-state index in [2.05, 4.69) is 10.3 Å². The maximum Gasteiger partial charge on any atom is 0.251 e. The highest BCUT2D eigenvalue weighted by Gasteiger charge is 2.32. The van der Waals surface area contributed by atoms with Crippen LogP contribution in [-0.2, 0) is 23.0 Å². The fourth-order valence-electron chi connectivity index (χ4n) is 3.90. The van der Waals surface area contributed by atoms with Gasteiger partial charge in [-0.2, -0.15) is 0 Å². The second-order valence-electron chi connectivity index (χ2n) is 7.92. The number of fused-ring (bicyclic) bond motifs is 1. The number of carbonyl (C=O) groups excluding carboxylic acids is 1. The lowest BCUT2D eigenvalue weighted by Crippen LogP contribution is -2.34. The van der Waals surface area contributed by atoms with E-state index in [0.29, 0.717) is 41.6 Å². The number of hydrogen-bond acceptors (Lipinski definition) is 6. The molecule has 1 atom stereocenters. The number of anilines is 1. The molecule has 9 heteroatoms. The largest absolute Gasteiger partial charge is 0.497 e. The molecule has 2 heterocycles. The molecule has 0 bridgehead atoms. The van der Waals surface area contributed by atoms with Crippen LogP contribution in [0.15, 0.2) is 60.8 Å². The van der Waals surface area contributed by atoms with Crippen molar-refractivity contribution in [2.24, 2.45) is 0 Å². The first-order valence-corrected chi connectivity index (χ1v) is 12.3. The van der Waals surface area contributed by atoms with Gasteiger partial charge in [0.15, 0.2) is 0 Å². The van der Waals surface area contributed by atoms with Crippen LogP contribution in [0.1, 0.15) is 28.4 Å². The van der Waals surface area contributed by atoms with Crippen LogP contribution < -0.4 is 19.1 Å². The Bertz CT molecular complexity index is 1280. The highest BCUT2D eigenvalue weighted by Crippen LogP contribution is 2.34. The average Bonchev–Trinajstić information content (AvgIpc) is 3.13. The summed E-state index contributed by atoms with van der Waals surface area (Å²) in [5, 5.41) is 2.88. The third-order valence-corrected chi connectivity index (χ3v) is 6.64. The van der Waals surface area contributed by atoms with Gasteiger partial charge in [0, 0.05) is 36.5 Å². The Morgan fingerprint density at radius 1 is 1.15 bits per heavy atom. The molecule has 1 N–H and O–H groups in total. The summed E-state index contributed by atoms with van der Waals surface area (Å²) in [6.45, 7) is 2.16. The Morgan fingerprint density at radius 2 is 1.94 bits per heavy atom. The molecule has 0 saturated heterocycles. The summed E-state index contributed by atoms with van der Waals surface area (Å²) >= 11 is 0. The van der Waals surface area contributed by atoms with Crippen molar-refractivity contribution in [1.82, 2.24) is 10.3 Å². The second-order valence-corrected chi connectivity index (χ2v) is 9.78. The molecule has 1 aromatic heterocycles. The average molecular weight is 468 g/mol. The lowest BCUT2D eigenvalue weighted by Gasteiger charge is -2.21. The van der Waals surface area contributed by atoms with Crippen molar-refractivity contribution in [2.45, 2.75) is 25.9 Å². The molecule has 172 valence electrons. The zero-order valence-corrected chi connectivity index (χ0v) is 19.4. The molecule has 0 saturated carbocycles. The Morgan fingerprint density at radius 3 is 2.64 bits per heavy atom. The number of ether oxygens (including phenoxy) is 2. The first-order chi connectivity index (χ1) is 15.7. The van der Waals surface area contributed by atoms with E-state index in [9.17, 15) is 13.2 Å². The number of hydrogen-bond donors (Lipinski definition) is 1. The molecule has 0 spiro atoms. The molecular weight excluding hydrogens is 442 g/mol. The molecule has 0 radical (unpaired) electrons. The smallest absolute Gasteiger partial charge is 0.251 e. The van der Waals surface area contributed by atoms with E-state index in [4.69, 9.17) is 9.47 Å². The number of amides is 1. The van der Waals surface area contributed by atoms with Gasteiger partial charge in [0.05, 0.1) is 19.1 Å². The van der Waals surface area contributed by atoms with Crippen molar-refractivity contribution in [3.8, 4) is 17.4 Å². The molecule has 4 rings (SSSR count). The molecule has 0 aliphatic carbocycles. The fraction of sp³-hybridized carbons (Fsp3) is 0.250. The van der Waals surface area contributed by atoms with Crippen LogP contribution in [0.5, 0.6) is 17.4 Å². The Hall–Kier alpha value is -3.59. The van der Waals surface area contributed by atoms with Crippen molar-refractivity contribution in [1.29, 1.82) is 0 Å². The summed E-state index contributed by atoms with van der Waals surface area (Å²) in [4.78, 5) is 16.9. The molecule has 8 nitrogen and oxygen atoms in total. The van der Waals surface area contributed by atoms with E-state index in [-0.39, 0.29) is 11.9 Å². The van der Waals surface area contributed by atoms with Crippen LogP contribution in [0.4, 0.5) is 5.69 Å². The molecule has 0 fully saturated rings. The van der Waals surface area contributed by atoms with Gasteiger partial charge >= 0.3 is 0 Å². The van der Waals surface area contributed by atoms with Crippen LogP contribution in [0.25, 0.3) is 0 Å². The normalized spacial score (nSPS) is 15.1. The fourth-order valence-corrected chi connectivity index (χ4v) is 5.16. The maximum atomic E-state index is 12.6. The minimum atomic E-state index is -3.36. The molecule has 1 unspecified atom stereocenters. The van der Waals surface area contributed by atoms with Gasteiger partial charge in [0.2, 0.25) is 15.9 Å². The van der Waals surface area contributed by atoms with Crippen LogP contribution in [-0.4, -0.2) is 38.7 Å². The topological polar surface area (TPSA) is 97.8 Å². The Labute approximate surface area is 193 Å². The highest BCUT2D eigenvalue weighted by atomic mass is 32.2. The van der Waals surface area contributed by atoms with Gasteiger partial charge in [-0.05, 0) is 54.8 Å². The van der Waals surface area contributed by atoms with Crippen molar-refractivity contribution in [3.63, 3.8) is 0 Å². The van der Waals surface area contributed by atoms with Crippen LogP contribution >= 0.6 is 0 Å². The van der Waals surface area contributed by atoms with Crippen LogP contribution in [0, 0.1) is 0 Å². The summed E-state index contributed by atoms with van der Waals surface area (Å²) in [5.74, 6) is 1.50. The third kappa shape index (κ3) is 5.09. The van der Waals surface area contributed by atoms with Gasteiger partial charge in [-0.15, -0.1) is 0 Å². The van der Waals surface area contributed by atoms with Gasteiger partial charge in [-0.3, -0.25) is 9.10 Å². The maximum absolute atomic E-state index is 12.6. The van der Waals surface area contributed by atoms with Gasteiger partial charge < -0.3 is 14.8 Å². The van der Waals surface area contributed by atoms with E-state index < -0.39 is 10.0 Å². The Balaban J connectivity index is 1.38. The predicted molar refractivity (Wildman–Crippen MR) is 125 cm³/mol. The van der Waals surface area contributed by atoms with Crippen molar-refractivity contribution in [3.05, 3.63) is 77.5 Å². The van der Waals surface area contributed by atoms with Crippen LogP contribution in [0.3, 0.4) is 0 Å². The van der Waals surface area contributed by atoms with E-state index in [1.54, 1.807) is 43.6 Å². The lowest BCUT2D eigenvalue weighted by molar-refractivity contribution is 0.0951. The minimum Gasteiger partial charge on any atom is -0.497 e. The number of sulfonamides is 1. The van der Waals surface area contributed by atoms with E-state index in [0.717, 1.165) is 11.1 Å². The van der Waals surface area contributed by atoms with Gasteiger partial charge in [0.25, 0.3) is 5.91 Å². The molecule has 1 aliphatic rings. The summed E-state index contributed by atoms with van der Waals surface area (Å²) in [5.41, 5.74) is 2.79. The summed E-state index contributed by atoms with van der Waals surface area (Å²) in [6.07, 6.45) is 3.41. The zero-order valence-electron chi connectivity index (χ0n) is 18.6. The van der Waals surface area contributed by atoms with E-state index in [1.165, 1.54) is 10.6 Å². The van der Waals surface area contributed by atoms with Gasteiger partial charge in [0.1, 0.15) is 11.5 Å². The number of aromatic nitrogens is 1. The predicted octanol–water partition coefficient (Wildman–Crippen LogP) is 3.52. The second kappa shape index (κ2) is 9.11. The summed E-state index contributed by atoms with van der Waals surface area (Å²) < 4.78 is 36.5. The number of methoxy groups -OCH3 is 1. The standard InChI is InChI=1S/C24H25N3O5S/c1-16-11-19-12-18(8-9-22(19)27(16)33(3,29)30)24(28)26-15-17-7-10-23(25-14-17)32-21-6-4-5-20(13-21)31-2/h4-10,12-14,16H,11,15H2,1-3H3,(H,26,28). The van der Waals surface area contributed by atoms with E-state index >= 15 is 0 Å². The third-order valence-electron chi connectivity index (χ3n) is 5.37. The molecule has 3 aromatic rings. The molecule has 1 amide bonds. The monoisotopic (exact) mass is 467 g/mol. The van der Waals surface area contributed by atoms with Gasteiger partial charge in [-0.1, -0.05) is 12.1 Å². The van der Waals surface area contributed by atoms with Crippen molar-refractivity contribution in [2.75, 3.05) is 17.7 Å². The zero-order chi connectivity index (χ0) is 23.6. The van der Waals surface area contributed by atoms with Crippen molar-refractivity contribution >= 4 is 21.6 Å². The number of nitrogens with one attached hydrogen (secondary N) is 1. The molecule has 1 aliphatic heterocycles. The van der Waals surface area contributed by atoms with Gasteiger partial charge in [-0.25, -0.2) is 13.4 Å². The number of carbonyl (C=O) groups is 1. The number of nitrogens with zero attached hydrogens (tertiary/aromatic N) is 2. The van der Waals surface area contributed by atoms with Crippen LogP contribution in [0.2, 0.25) is 0 Å². The SMILES string of the molecule is COc1cccc(Oc2ccc(CNC(=O)c3ccc4c(c3)CC(C)N4S(C)(=O)=O)cn2)c1. The van der Waals surface area contributed by atoms with Crippen molar-refractivity contribution < 1.29 is 22.7 Å². The lowest BCUT2D eigenvalue weighted by atomic mass is 10.1. The number of benzene rings is 2. The quantitative estimate of drug-likeness (QED) is 0.571. The van der Waals surface area contributed by atoms with E-state index in [1.807, 2.05) is 31.2 Å². The molecule has 33 heavy (non-hydrogen) atoms. The summed E-state index contributed by atoms with van der Waals surface area (Å²) in [7, 11) is -1.77. The first kappa shape index (κ1) is 22.6. The molecule has 2 aromatic carbocycles. The highest BCUT2D eigenvalue weighted by molar-refractivity contribution is 7.92. The number of pyridine rings is 1. The molecular formula is C24H25N3O5S. The first-order valence-electron chi connectivity index (χ1n) is 10.4. The minimum absolute atomic E-state index is 0.169. The summed E-state index contributed by atoms with van der Waals surface area (Å²) in [6, 6.07) is 15.7. The Kier molecular flexibility index (Phi) is 6.24. The number of rotatable bonds is 7.